The zero-order valence-corrected chi connectivity index (χ0v) is 8.39. The summed E-state index contributed by atoms with van der Waals surface area (Å²) in [6, 6.07) is 0. The van der Waals surface area contributed by atoms with Crippen LogP contribution in [0.15, 0.2) is 18.6 Å². The summed E-state index contributed by atoms with van der Waals surface area (Å²) in [6.45, 7) is 1.99. The lowest BCUT2D eigenvalue weighted by atomic mass is 10.1. The number of nitrogens with zero attached hydrogens (tertiary/aromatic N) is 3. The van der Waals surface area contributed by atoms with Gasteiger partial charge >= 0.3 is 0 Å². The van der Waals surface area contributed by atoms with Gasteiger partial charge in [-0.15, -0.1) is 0 Å². The van der Waals surface area contributed by atoms with Crippen molar-refractivity contribution in [1.82, 2.24) is 14.6 Å². The zero-order chi connectivity index (χ0) is 10.8. The summed E-state index contributed by atoms with van der Waals surface area (Å²) in [6.07, 6.45) is 4.84. The summed E-state index contributed by atoms with van der Waals surface area (Å²) >= 11 is 0. The maximum atomic E-state index is 12.8. The van der Waals surface area contributed by atoms with E-state index < -0.39 is 11.9 Å². The molecule has 0 saturated heterocycles. The van der Waals surface area contributed by atoms with Crippen LogP contribution in [0.5, 0.6) is 0 Å². The number of fused-ring (bicyclic) bond motifs is 1. The van der Waals surface area contributed by atoms with Crippen LogP contribution in [0.4, 0.5) is 4.39 Å². The van der Waals surface area contributed by atoms with E-state index in [-0.39, 0.29) is 0 Å². The summed E-state index contributed by atoms with van der Waals surface area (Å²) in [4.78, 5) is 3.91. The van der Waals surface area contributed by atoms with Gasteiger partial charge in [0.15, 0.2) is 11.5 Å². The molecule has 0 bridgehead atoms. The van der Waals surface area contributed by atoms with Gasteiger partial charge in [0.25, 0.3) is 0 Å². The predicted molar refractivity (Wildman–Crippen MR) is 52.8 cm³/mol. The van der Waals surface area contributed by atoms with Crippen LogP contribution in [0.3, 0.4) is 0 Å². The minimum absolute atomic E-state index is 0.442. The minimum Gasteiger partial charge on any atom is -0.388 e. The molecule has 4 nitrogen and oxygen atoms in total. The first-order valence-electron chi connectivity index (χ1n) is 4.89. The van der Waals surface area contributed by atoms with Crippen LogP contribution < -0.4 is 0 Å². The fourth-order valence-corrected chi connectivity index (χ4v) is 1.53. The van der Waals surface area contributed by atoms with Gasteiger partial charge in [-0.05, 0) is 6.42 Å². The molecule has 0 spiro atoms. The predicted octanol–water partition coefficient (Wildman–Crippen LogP) is 1.70. The summed E-state index contributed by atoms with van der Waals surface area (Å²) in [5.74, 6) is -0.442. The van der Waals surface area contributed by atoms with Crippen LogP contribution in [0.25, 0.3) is 5.65 Å². The SMILES string of the molecule is CCCC(O)c1cnn2cc(F)cnc12. The monoisotopic (exact) mass is 209 g/mol. The molecule has 5 heteroatoms. The van der Waals surface area contributed by atoms with Crippen molar-refractivity contribution in [2.45, 2.75) is 25.9 Å². The van der Waals surface area contributed by atoms with Crippen molar-refractivity contribution < 1.29 is 9.50 Å². The van der Waals surface area contributed by atoms with Crippen molar-refractivity contribution in [2.75, 3.05) is 0 Å². The fourth-order valence-electron chi connectivity index (χ4n) is 1.53. The van der Waals surface area contributed by atoms with Crippen molar-refractivity contribution >= 4 is 5.65 Å². The van der Waals surface area contributed by atoms with Gasteiger partial charge in [0.2, 0.25) is 0 Å². The molecule has 0 saturated carbocycles. The highest BCUT2D eigenvalue weighted by Crippen LogP contribution is 2.21. The second kappa shape index (κ2) is 3.94. The van der Waals surface area contributed by atoms with Gasteiger partial charge in [0, 0.05) is 5.56 Å². The van der Waals surface area contributed by atoms with Gasteiger partial charge in [-0.3, -0.25) is 0 Å². The standard InChI is InChI=1S/C10H12FN3O/c1-2-3-9(15)8-5-13-14-6-7(11)4-12-10(8)14/h4-6,9,15H,2-3H2,1H3. The molecule has 1 atom stereocenters. The van der Waals surface area contributed by atoms with E-state index in [0.717, 1.165) is 12.6 Å². The van der Waals surface area contributed by atoms with Gasteiger partial charge in [-0.1, -0.05) is 13.3 Å². The highest BCUT2D eigenvalue weighted by Gasteiger charge is 2.13. The van der Waals surface area contributed by atoms with Crippen LogP contribution in [-0.4, -0.2) is 19.7 Å². The molecule has 0 fully saturated rings. The van der Waals surface area contributed by atoms with Crippen LogP contribution >= 0.6 is 0 Å². The van der Waals surface area contributed by atoms with Gasteiger partial charge in [0.05, 0.1) is 24.7 Å². The number of hydrogen-bond acceptors (Lipinski definition) is 3. The largest absolute Gasteiger partial charge is 0.388 e. The van der Waals surface area contributed by atoms with Gasteiger partial charge < -0.3 is 5.11 Å². The molecule has 0 aliphatic carbocycles. The van der Waals surface area contributed by atoms with Crippen LogP contribution in [0, 0.1) is 5.82 Å². The Kier molecular flexibility index (Phi) is 2.64. The number of aliphatic hydroxyl groups is 1. The van der Waals surface area contributed by atoms with Crippen molar-refractivity contribution in [3.63, 3.8) is 0 Å². The fraction of sp³-hybridized carbons (Fsp3) is 0.400. The topological polar surface area (TPSA) is 50.4 Å². The first-order valence-corrected chi connectivity index (χ1v) is 4.89. The Morgan fingerprint density at radius 3 is 3.07 bits per heavy atom. The maximum Gasteiger partial charge on any atom is 0.160 e. The number of rotatable bonds is 3. The van der Waals surface area contributed by atoms with E-state index in [4.69, 9.17) is 0 Å². The molecule has 15 heavy (non-hydrogen) atoms. The number of aliphatic hydroxyl groups excluding tert-OH is 1. The lowest BCUT2D eigenvalue weighted by Crippen LogP contribution is -1.98. The highest BCUT2D eigenvalue weighted by atomic mass is 19.1. The van der Waals surface area contributed by atoms with Crippen molar-refractivity contribution in [2.24, 2.45) is 0 Å². The number of hydrogen-bond donors (Lipinski definition) is 1. The van der Waals surface area contributed by atoms with E-state index in [2.05, 4.69) is 10.1 Å². The molecule has 2 heterocycles. The summed E-state index contributed by atoms with van der Waals surface area (Å²) < 4.78 is 14.1. The average molecular weight is 209 g/mol. The summed E-state index contributed by atoms with van der Waals surface area (Å²) in [5.41, 5.74) is 1.16. The summed E-state index contributed by atoms with van der Waals surface area (Å²) in [7, 11) is 0. The lowest BCUT2D eigenvalue weighted by molar-refractivity contribution is 0.167. The highest BCUT2D eigenvalue weighted by molar-refractivity contribution is 5.46. The molecule has 1 unspecified atom stereocenters. The molecule has 0 aliphatic heterocycles. The molecule has 80 valence electrons. The van der Waals surface area contributed by atoms with Gasteiger partial charge in [-0.2, -0.15) is 5.10 Å². The third kappa shape index (κ3) is 1.83. The maximum absolute atomic E-state index is 12.8. The Labute approximate surface area is 86.4 Å². The first-order chi connectivity index (χ1) is 7.22. The molecular formula is C10H12FN3O. The molecule has 0 amide bonds. The van der Waals surface area contributed by atoms with Crippen molar-refractivity contribution in [1.29, 1.82) is 0 Å². The van der Waals surface area contributed by atoms with Crippen LogP contribution in [0.2, 0.25) is 0 Å². The molecule has 2 aromatic heterocycles. The quantitative estimate of drug-likeness (QED) is 0.837. The normalized spacial score (nSPS) is 13.3. The molecular weight excluding hydrogens is 197 g/mol. The Morgan fingerprint density at radius 1 is 1.53 bits per heavy atom. The Balaban J connectivity index is 2.44. The van der Waals surface area contributed by atoms with Gasteiger partial charge in [-0.25, -0.2) is 13.9 Å². The second-order valence-electron chi connectivity index (χ2n) is 3.44. The van der Waals surface area contributed by atoms with Crippen molar-refractivity contribution in [3.8, 4) is 0 Å². The molecule has 2 rings (SSSR count). The lowest BCUT2D eigenvalue weighted by Gasteiger charge is -2.05. The van der Waals surface area contributed by atoms with E-state index >= 15 is 0 Å². The Hall–Kier alpha value is -1.49. The second-order valence-corrected chi connectivity index (χ2v) is 3.44. The van der Waals surface area contributed by atoms with E-state index in [1.54, 1.807) is 0 Å². The Bertz CT molecular complexity index is 469. The summed E-state index contributed by atoms with van der Waals surface area (Å²) in [5, 5.41) is 13.7. The van der Waals surface area contributed by atoms with E-state index in [0.29, 0.717) is 17.6 Å². The van der Waals surface area contributed by atoms with E-state index in [1.165, 1.54) is 16.9 Å². The zero-order valence-electron chi connectivity index (χ0n) is 8.39. The first kappa shape index (κ1) is 10.0. The third-order valence-electron chi connectivity index (χ3n) is 2.27. The molecule has 2 aromatic rings. The van der Waals surface area contributed by atoms with Gasteiger partial charge in [0.1, 0.15) is 0 Å². The smallest absolute Gasteiger partial charge is 0.160 e. The third-order valence-corrected chi connectivity index (χ3v) is 2.27. The van der Waals surface area contributed by atoms with E-state index in [9.17, 15) is 9.50 Å². The molecule has 0 aromatic carbocycles. The minimum atomic E-state index is -0.578. The molecule has 0 radical (unpaired) electrons. The Morgan fingerprint density at radius 2 is 2.33 bits per heavy atom. The molecule has 0 aliphatic rings. The number of halogens is 1. The average Bonchev–Trinajstić information content (AvgIpc) is 2.60. The molecule has 1 N–H and O–H groups in total. The van der Waals surface area contributed by atoms with Crippen LogP contribution in [-0.2, 0) is 0 Å². The van der Waals surface area contributed by atoms with Crippen LogP contribution in [0.1, 0.15) is 31.4 Å². The van der Waals surface area contributed by atoms with E-state index in [1.807, 2.05) is 6.92 Å². The number of aromatic nitrogens is 3. The van der Waals surface area contributed by atoms with Crippen molar-refractivity contribution in [3.05, 3.63) is 30.0 Å².